The fourth-order valence-corrected chi connectivity index (χ4v) is 2.56. The van der Waals surface area contributed by atoms with Gasteiger partial charge in [-0.15, -0.1) is 11.3 Å². The van der Waals surface area contributed by atoms with Crippen LogP contribution in [0.4, 0.5) is 10.8 Å². The molecule has 0 saturated heterocycles. The van der Waals surface area contributed by atoms with Crippen LogP contribution < -0.4 is 10.6 Å². The van der Waals surface area contributed by atoms with E-state index in [1.165, 1.54) is 11.3 Å². The maximum Gasteiger partial charge on any atom is 0.233 e. The van der Waals surface area contributed by atoms with E-state index in [2.05, 4.69) is 4.98 Å². The average Bonchev–Trinajstić information content (AvgIpc) is 2.78. The highest BCUT2D eigenvalue weighted by Crippen LogP contribution is 2.20. The second-order valence-electron chi connectivity index (χ2n) is 4.28. The van der Waals surface area contributed by atoms with Gasteiger partial charge in [0.05, 0.1) is 12.1 Å². The van der Waals surface area contributed by atoms with Gasteiger partial charge in [0, 0.05) is 17.6 Å². The number of benzene rings is 1. The second kappa shape index (κ2) is 5.84. The van der Waals surface area contributed by atoms with Crippen LogP contribution in [0.15, 0.2) is 29.6 Å². The number of amides is 1. The summed E-state index contributed by atoms with van der Waals surface area (Å²) in [6.45, 7) is 4.62. The second-order valence-corrected chi connectivity index (χ2v) is 5.17. The highest BCUT2D eigenvalue weighted by Gasteiger charge is 2.17. The molecule has 100 valence electrons. The van der Waals surface area contributed by atoms with Gasteiger partial charge in [-0.2, -0.15) is 0 Å². The van der Waals surface area contributed by atoms with Crippen LogP contribution in [0.25, 0.3) is 0 Å². The van der Waals surface area contributed by atoms with Crippen molar-refractivity contribution < 1.29 is 4.79 Å². The minimum absolute atomic E-state index is 0.0436. The van der Waals surface area contributed by atoms with Gasteiger partial charge in [0.2, 0.25) is 5.91 Å². The first-order chi connectivity index (χ1) is 9.11. The molecule has 1 amide bonds. The van der Waals surface area contributed by atoms with Gasteiger partial charge in [-0.25, -0.2) is 4.98 Å². The molecule has 2 aromatic rings. The van der Waals surface area contributed by atoms with E-state index in [0.29, 0.717) is 11.7 Å². The van der Waals surface area contributed by atoms with Crippen molar-refractivity contribution in [2.45, 2.75) is 20.3 Å². The summed E-state index contributed by atoms with van der Waals surface area (Å²) in [5, 5.41) is 2.33. The lowest BCUT2D eigenvalue weighted by molar-refractivity contribution is -0.118. The lowest BCUT2D eigenvalue weighted by atomic mass is 10.1. The molecule has 5 heteroatoms. The van der Waals surface area contributed by atoms with E-state index in [0.717, 1.165) is 16.9 Å². The lowest BCUT2D eigenvalue weighted by Crippen LogP contribution is -2.32. The van der Waals surface area contributed by atoms with Crippen LogP contribution in [0.3, 0.4) is 0 Å². The Kier molecular flexibility index (Phi) is 4.16. The van der Waals surface area contributed by atoms with Gasteiger partial charge in [-0.05, 0) is 25.5 Å². The van der Waals surface area contributed by atoms with E-state index < -0.39 is 0 Å². The van der Waals surface area contributed by atoms with Crippen LogP contribution in [0, 0.1) is 6.92 Å². The first kappa shape index (κ1) is 13.5. The minimum atomic E-state index is 0.0436. The molecule has 0 aliphatic heterocycles. The van der Waals surface area contributed by atoms with E-state index in [-0.39, 0.29) is 12.3 Å². The third-order valence-corrected chi connectivity index (χ3v) is 3.65. The maximum atomic E-state index is 12.4. The Morgan fingerprint density at radius 2 is 2.16 bits per heavy atom. The molecule has 0 aliphatic rings. The zero-order valence-corrected chi connectivity index (χ0v) is 11.9. The fourth-order valence-electron chi connectivity index (χ4n) is 2.00. The molecule has 0 atom stereocenters. The Labute approximate surface area is 116 Å². The van der Waals surface area contributed by atoms with Crippen molar-refractivity contribution in [3.05, 3.63) is 40.9 Å². The zero-order valence-electron chi connectivity index (χ0n) is 11.1. The number of aryl methyl sites for hydroxylation is 1. The number of aromatic nitrogens is 1. The molecule has 0 aliphatic carbocycles. The van der Waals surface area contributed by atoms with Crippen LogP contribution in [0.2, 0.25) is 0 Å². The molecular weight excluding hydrogens is 258 g/mol. The summed E-state index contributed by atoms with van der Waals surface area (Å²) >= 11 is 1.36. The molecular formula is C14H17N3OS. The number of anilines is 2. The van der Waals surface area contributed by atoms with Crippen molar-refractivity contribution in [2.24, 2.45) is 0 Å². The minimum Gasteiger partial charge on any atom is -0.375 e. The maximum absolute atomic E-state index is 12.4. The SMILES string of the molecule is CCN(C(=O)Cc1csc(N)n1)c1ccccc1C. The number of para-hydroxylation sites is 1. The van der Waals surface area contributed by atoms with Crippen molar-refractivity contribution in [3.8, 4) is 0 Å². The van der Waals surface area contributed by atoms with Crippen LogP contribution in [0.5, 0.6) is 0 Å². The molecule has 1 heterocycles. The summed E-state index contributed by atoms with van der Waals surface area (Å²) in [6, 6.07) is 7.88. The van der Waals surface area contributed by atoms with E-state index in [1.807, 2.05) is 43.5 Å². The molecule has 1 aromatic heterocycles. The predicted octanol–water partition coefficient (Wildman–Crippen LogP) is 2.63. The number of nitrogens with two attached hydrogens (primary N) is 1. The fraction of sp³-hybridized carbons (Fsp3) is 0.286. The van der Waals surface area contributed by atoms with Crippen molar-refractivity contribution in [2.75, 3.05) is 17.2 Å². The Balaban J connectivity index is 2.18. The Bertz CT molecular complexity index is 580. The number of nitrogens with zero attached hydrogens (tertiary/aromatic N) is 2. The number of nitrogen functional groups attached to an aromatic ring is 1. The van der Waals surface area contributed by atoms with Crippen LogP contribution >= 0.6 is 11.3 Å². The van der Waals surface area contributed by atoms with E-state index in [1.54, 1.807) is 4.90 Å². The lowest BCUT2D eigenvalue weighted by Gasteiger charge is -2.22. The molecule has 0 bridgehead atoms. The summed E-state index contributed by atoms with van der Waals surface area (Å²) in [7, 11) is 0. The normalized spacial score (nSPS) is 10.4. The van der Waals surface area contributed by atoms with Crippen LogP contribution in [-0.2, 0) is 11.2 Å². The molecule has 0 radical (unpaired) electrons. The molecule has 19 heavy (non-hydrogen) atoms. The number of rotatable bonds is 4. The molecule has 0 spiro atoms. The topological polar surface area (TPSA) is 59.2 Å². The number of carbonyl (C=O) groups is 1. The Hall–Kier alpha value is -1.88. The summed E-state index contributed by atoms with van der Waals surface area (Å²) in [5.41, 5.74) is 8.37. The quantitative estimate of drug-likeness (QED) is 0.933. The Morgan fingerprint density at radius 1 is 1.42 bits per heavy atom. The summed E-state index contributed by atoms with van der Waals surface area (Å²) < 4.78 is 0. The first-order valence-electron chi connectivity index (χ1n) is 6.17. The number of thiazole rings is 1. The van der Waals surface area contributed by atoms with Crippen molar-refractivity contribution in [1.29, 1.82) is 0 Å². The number of carbonyl (C=O) groups excluding carboxylic acids is 1. The molecule has 0 fully saturated rings. The molecule has 1 aromatic carbocycles. The van der Waals surface area contributed by atoms with Gasteiger partial charge >= 0.3 is 0 Å². The Morgan fingerprint density at radius 3 is 2.74 bits per heavy atom. The zero-order chi connectivity index (χ0) is 13.8. The number of hydrogen-bond acceptors (Lipinski definition) is 4. The third-order valence-electron chi connectivity index (χ3n) is 2.93. The van der Waals surface area contributed by atoms with Crippen LogP contribution in [0.1, 0.15) is 18.2 Å². The van der Waals surface area contributed by atoms with Crippen LogP contribution in [-0.4, -0.2) is 17.4 Å². The van der Waals surface area contributed by atoms with Gasteiger partial charge in [0.1, 0.15) is 0 Å². The van der Waals surface area contributed by atoms with Crippen molar-refractivity contribution >= 4 is 28.1 Å². The third kappa shape index (κ3) is 3.12. The number of hydrogen-bond donors (Lipinski definition) is 1. The van der Waals surface area contributed by atoms with Gasteiger partial charge in [0.15, 0.2) is 5.13 Å². The van der Waals surface area contributed by atoms with E-state index >= 15 is 0 Å². The average molecular weight is 275 g/mol. The summed E-state index contributed by atoms with van der Waals surface area (Å²) in [5.74, 6) is 0.0436. The summed E-state index contributed by atoms with van der Waals surface area (Å²) in [4.78, 5) is 18.3. The molecule has 4 nitrogen and oxygen atoms in total. The van der Waals surface area contributed by atoms with Crippen molar-refractivity contribution in [3.63, 3.8) is 0 Å². The molecule has 0 unspecified atom stereocenters. The first-order valence-corrected chi connectivity index (χ1v) is 7.05. The highest BCUT2D eigenvalue weighted by molar-refractivity contribution is 7.13. The van der Waals surface area contributed by atoms with Gasteiger partial charge < -0.3 is 10.6 Å². The standard InChI is InChI=1S/C14H17N3OS/c1-3-17(12-7-5-4-6-10(12)2)13(18)8-11-9-19-14(15)16-11/h4-7,9H,3,8H2,1-2H3,(H2,15,16). The van der Waals surface area contributed by atoms with Gasteiger partial charge in [-0.1, -0.05) is 18.2 Å². The monoisotopic (exact) mass is 275 g/mol. The summed E-state index contributed by atoms with van der Waals surface area (Å²) in [6.07, 6.45) is 0.288. The molecule has 2 N–H and O–H groups in total. The predicted molar refractivity (Wildman–Crippen MR) is 79.4 cm³/mol. The van der Waals surface area contributed by atoms with E-state index in [4.69, 9.17) is 5.73 Å². The van der Waals surface area contributed by atoms with Crippen molar-refractivity contribution in [1.82, 2.24) is 4.98 Å². The smallest absolute Gasteiger partial charge is 0.233 e. The number of likely N-dealkylation sites (N-methyl/N-ethyl adjacent to an activating group) is 1. The molecule has 2 rings (SSSR count). The van der Waals surface area contributed by atoms with Gasteiger partial charge in [-0.3, -0.25) is 4.79 Å². The van der Waals surface area contributed by atoms with E-state index in [9.17, 15) is 4.79 Å². The highest BCUT2D eigenvalue weighted by atomic mass is 32.1. The van der Waals surface area contributed by atoms with Gasteiger partial charge in [0.25, 0.3) is 0 Å². The largest absolute Gasteiger partial charge is 0.375 e. The molecule has 0 saturated carbocycles.